The first-order chi connectivity index (χ1) is 22.9. The van der Waals surface area contributed by atoms with Gasteiger partial charge in [0, 0.05) is 68.7 Å². The Morgan fingerprint density at radius 1 is 1.10 bits per heavy atom. The van der Waals surface area contributed by atoms with E-state index in [1.54, 1.807) is 6.92 Å². The Bertz CT molecular complexity index is 1610. The molecule has 6 N–H and O–H groups in total. The van der Waals surface area contributed by atoms with Crippen LogP contribution in [0, 0.1) is 0 Å². The van der Waals surface area contributed by atoms with E-state index in [9.17, 15) is 39.9 Å². The molecule has 0 spiro atoms. The molecule has 48 heavy (non-hydrogen) atoms. The molecule has 0 radical (unpaired) electrons. The number of aliphatic hydroxyl groups is 3. The smallest absolute Gasteiger partial charge is 0.252 e. The number of aromatic hydroxyl groups is 2. The zero-order chi connectivity index (χ0) is 34.5. The van der Waals surface area contributed by atoms with Crippen LogP contribution in [-0.2, 0) is 30.2 Å². The van der Waals surface area contributed by atoms with Gasteiger partial charge in [0.1, 0.15) is 22.8 Å². The number of ether oxygens (including phenoxy) is 5. The number of hydrogen-bond donors (Lipinski definition) is 6. The number of carbonyl (C=O) groups is 3. The number of aliphatic hydroxyl groups excluding tert-OH is 2. The average molecular weight is 673 g/mol. The lowest BCUT2D eigenvalue weighted by molar-refractivity contribution is -0.266. The van der Waals surface area contributed by atoms with Crippen LogP contribution in [0.4, 0.5) is 0 Å². The number of nitrogens with zero attached hydrogens (tertiary/aromatic N) is 1. The Kier molecular flexibility index (Phi) is 9.50. The molecule has 4 aliphatic rings. The third-order valence-corrected chi connectivity index (χ3v) is 9.69. The summed E-state index contributed by atoms with van der Waals surface area (Å²) in [5.41, 5.74) is -3.54. The van der Waals surface area contributed by atoms with E-state index >= 15 is 0 Å². The van der Waals surface area contributed by atoms with E-state index < -0.39 is 102 Å². The van der Waals surface area contributed by atoms with Gasteiger partial charge < -0.3 is 54.5 Å². The Morgan fingerprint density at radius 3 is 2.56 bits per heavy atom. The molecule has 2 heterocycles. The summed E-state index contributed by atoms with van der Waals surface area (Å²) < 4.78 is 28.7. The number of benzene rings is 2. The maximum atomic E-state index is 13.9. The van der Waals surface area contributed by atoms with Gasteiger partial charge in [0.25, 0.3) is 5.91 Å². The predicted molar refractivity (Wildman–Crippen MR) is 164 cm³/mol. The van der Waals surface area contributed by atoms with Crippen LogP contribution in [0.2, 0.25) is 0 Å². The van der Waals surface area contributed by atoms with Gasteiger partial charge in [-0.1, -0.05) is 12.1 Å². The van der Waals surface area contributed by atoms with E-state index in [2.05, 4.69) is 5.32 Å². The summed E-state index contributed by atoms with van der Waals surface area (Å²) in [4.78, 5) is 43.0. The number of methoxy groups -OCH3 is 2. The fourth-order valence-electron chi connectivity index (χ4n) is 7.28. The van der Waals surface area contributed by atoms with Crippen LogP contribution in [0.1, 0.15) is 68.8 Å². The molecule has 15 nitrogen and oxygen atoms in total. The number of morpholine rings is 1. The van der Waals surface area contributed by atoms with Crippen LogP contribution in [0.5, 0.6) is 17.2 Å². The minimum Gasteiger partial charge on any atom is -0.507 e. The quantitative estimate of drug-likeness (QED) is 0.173. The minimum atomic E-state index is -2.23. The molecule has 2 aliphatic carbocycles. The van der Waals surface area contributed by atoms with Crippen LogP contribution in [-0.4, -0.2) is 131 Å². The number of fused-ring (bicyclic) bond motifs is 3. The minimum absolute atomic E-state index is 0.0472. The van der Waals surface area contributed by atoms with Crippen molar-refractivity contribution in [2.24, 2.45) is 0 Å². The van der Waals surface area contributed by atoms with Crippen molar-refractivity contribution in [1.82, 2.24) is 10.2 Å². The molecular formula is C33H40N2O13. The Labute approximate surface area is 275 Å². The van der Waals surface area contributed by atoms with Crippen molar-refractivity contribution < 1.29 is 63.6 Å². The van der Waals surface area contributed by atoms with Crippen molar-refractivity contribution in [3.63, 3.8) is 0 Å². The number of nitrogens with one attached hydrogen (secondary N) is 1. The van der Waals surface area contributed by atoms with Crippen molar-refractivity contribution in [2.75, 3.05) is 47.1 Å². The Balaban J connectivity index is 1.42. The summed E-state index contributed by atoms with van der Waals surface area (Å²) in [6, 6.07) is 3.94. The van der Waals surface area contributed by atoms with Gasteiger partial charge in [-0.25, -0.2) is 0 Å². The molecule has 7 atom stereocenters. The lowest BCUT2D eigenvalue weighted by Crippen LogP contribution is -2.59. The molecule has 2 saturated heterocycles. The summed E-state index contributed by atoms with van der Waals surface area (Å²) in [7, 11) is 2.86. The first-order valence-electron chi connectivity index (χ1n) is 15.8. The molecule has 0 unspecified atom stereocenters. The number of amides is 1. The summed E-state index contributed by atoms with van der Waals surface area (Å²) in [6.07, 6.45) is -5.40. The van der Waals surface area contributed by atoms with E-state index in [4.69, 9.17) is 23.7 Å². The van der Waals surface area contributed by atoms with Crippen LogP contribution in [0.25, 0.3) is 0 Å². The van der Waals surface area contributed by atoms with Crippen molar-refractivity contribution in [3.05, 3.63) is 51.6 Å². The van der Waals surface area contributed by atoms with Crippen molar-refractivity contribution in [3.8, 4) is 17.2 Å². The molecular weight excluding hydrogens is 632 g/mol. The molecule has 6 rings (SSSR count). The van der Waals surface area contributed by atoms with E-state index in [1.807, 2.05) is 4.90 Å². The van der Waals surface area contributed by atoms with E-state index in [1.165, 1.54) is 32.4 Å². The molecule has 2 fully saturated rings. The number of rotatable bonds is 8. The number of phenols is 2. The van der Waals surface area contributed by atoms with Gasteiger partial charge in [0.2, 0.25) is 5.78 Å². The van der Waals surface area contributed by atoms with Crippen molar-refractivity contribution >= 4 is 17.5 Å². The van der Waals surface area contributed by atoms with Crippen LogP contribution in [0.3, 0.4) is 0 Å². The zero-order valence-electron chi connectivity index (χ0n) is 26.8. The highest BCUT2D eigenvalue weighted by Gasteiger charge is 2.51. The summed E-state index contributed by atoms with van der Waals surface area (Å²) >= 11 is 0. The summed E-state index contributed by atoms with van der Waals surface area (Å²) in [6.45, 7) is 2.34. The van der Waals surface area contributed by atoms with Gasteiger partial charge >= 0.3 is 0 Å². The molecule has 0 bridgehead atoms. The van der Waals surface area contributed by atoms with Gasteiger partial charge in [-0.3, -0.25) is 19.3 Å². The monoisotopic (exact) mass is 672 g/mol. The highest BCUT2D eigenvalue weighted by molar-refractivity contribution is 6.31. The van der Waals surface area contributed by atoms with Gasteiger partial charge in [0.15, 0.2) is 18.4 Å². The highest BCUT2D eigenvalue weighted by atomic mass is 16.7. The van der Waals surface area contributed by atoms with E-state index in [-0.39, 0.29) is 41.0 Å². The third kappa shape index (κ3) is 5.73. The summed E-state index contributed by atoms with van der Waals surface area (Å²) in [5, 5.41) is 58.0. The fourth-order valence-corrected chi connectivity index (χ4v) is 7.28. The van der Waals surface area contributed by atoms with Crippen LogP contribution >= 0.6 is 0 Å². The van der Waals surface area contributed by atoms with Gasteiger partial charge in [-0.05, 0) is 13.0 Å². The standard InChI is InChI=1S/C33H40N2O13/c1-15-27(37)18(35-8-10-46-22(14-35)45-3)11-21(47-15)48-20-13-33(43,32(42)34-7-9-36)12-17-24(20)31(41)26-25(29(17)39)28(38)16-5-4-6-19(44-2)23(16)30(26)40/h4-6,15,18,20-22,27,36-37,39,41,43H,7-14H2,1-3H3,(H,34,42)/t15-,18-,20-,21-,22-,27+,33-/m0/s1. The fraction of sp³-hybridized carbons (Fsp3) is 0.545. The third-order valence-electron chi connectivity index (χ3n) is 9.69. The lowest BCUT2D eigenvalue weighted by Gasteiger charge is -2.47. The topological polar surface area (TPSA) is 214 Å². The first-order valence-corrected chi connectivity index (χ1v) is 15.8. The molecule has 1 amide bonds. The van der Waals surface area contributed by atoms with Crippen LogP contribution < -0.4 is 10.1 Å². The number of ketones is 2. The normalized spacial score (nSPS) is 30.3. The second kappa shape index (κ2) is 13.3. The van der Waals surface area contributed by atoms with Gasteiger partial charge in [0.05, 0.1) is 55.3 Å². The predicted octanol–water partition coefficient (Wildman–Crippen LogP) is -0.106. The number of phenolic OH excluding ortho intramolecular Hbond substituents is 2. The summed E-state index contributed by atoms with van der Waals surface area (Å²) in [5.74, 6) is -3.63. The molecule has 15 heteroatoms. The molecule has 2 aromatic rings. The Hall–Kier alpha value is -3.67. The molecule has 2 aromatic carbocycles. The Morgan fingerprint density at radius 2 is 1.85 bits per heavy atom. The lowest BCUT2D eigenvalue weighted by atomic mass is 9.72. The average Bonchev–Trinajstić information content (AvgIpc) is 3.08. The first kappa shape index (κ1) is 34.2. The zero-order valence-corrected chi connectivity index (χ0v) is 26.8. The second-order valence-electron chi connectivity index (χ2n) is 12.5. The molecule has 260 valence electrons. The largest absolute Gasteiger partial charge is 0.507 e. The maximum absolute atomic E-state index is 13.9. The van der Waals surface area contributed by atoms with Crippen molar-refractivity contribution in [1.29, 1.82) is 0 Å². The number of carbonyl (C=O) groups excluding carboxylic acids is 3. The van der Waals surface area contributed by atoms with E-state index in [0.717, 1.165) is 0 Å². The molecule has 2 aliphatic heterocycles. The van der Waals surface area contributed by atoms with E-state index in [0.29, 0.717) is 19.7 Å². The second-order valence-corrected chi connectivity index (χ2v) is 12.5. The van der Waals surface area contributed by atoms with Crippen molar-refractivity contribution in [2.45, 2.75) is 68.7 Å². The SMILES string of the molecule is COc1cccc2c1C(=O)c1c(O)c3c(c(O)c1C2=O)C[C@@](O)(C(=O)NCCO)C[C@@H]3O[C@H]1C[C@H](N2CCO[C@H](OC)C2)[C@H](O)[C@H](C)O1. The molecule has 0 aromatic heterocycles. The maximum Gasteiger partial charge on any atom is 0.252 e. The van der Waals surface area contributed by atoms with Gasteiger partial charge in [-0.2, -0.15) is 0 Å². The number of hydrogen-bond acceptors (Lipinski definition) is 14. The van der Waals surface area contributed by atoms with Crippen LogP contribution in [0.15, 0.2) is 18.2 Å². The molecule has 0 saturated carbocycles. The highest BCUT2D eigenvalue weighted by Crippen LogP contribution is 2.52. The van der Waals surface area contributed by atoms with Gasteiger partial charge in [-0.15, -0.1) is 0 Å².